The molecular formula is C15H24BO2. The van der Waals surface area contributed by atoms with Gasteiger partial charge in [0.2, 0.25) is 0 Å². The molecule has 2 nitrogen and oxygen atoms in total. The first kappa shape index (κ1) is 15.1. The van der Waals surface area contributed by atoms with E-state index in [1.165, 1.54) is 16.7 Å². The lowest BCUT2D eigenvalue weighted by Gasteiger charge is -2.29. The first-order valence-corrected chi connectivity index (χ1v) is 6.35. The summed E-state index contributed by atoms with van der Waals surface area (Å²) in [5, 5.41) is 8.83. The van der Waals surface area contributed by atoms with Crippen molar-refractivity contribution in [2.75, 3.05) is 0 Å². The van der Waals surface area contributed by atoms with Crippen LogP contribution in [0.4, 0.5) is 0 Å². The van der Waals surface area contributed by atoms with Crippen molar-refractivity contribution in [3.05, 3.63) is 28.8 Å². The Hall–Kier alpha value is -0.955. The van der Waals surface area contributed by atoms with Crippen LogP contribution in [0, 0.1) is 6.92 Å². The molecular weight excluding hydrogens is 223 g/mol. The molecule has 0 heterocycles. The molecule has 1 rings (SSSR count). The van der Waals surface area contributed by atoms with E-state index in [1.54, 1.807) is 0 Å². The molecule has 3 heteroatoms. The second-order valence-electron chi connectivity index (χ2n) is 6.87. The van der Waals surface area contributed by atoms with Gasteiger partial charge in [-0.3, -0.25) is 0 Å². The zero-order valence-corrected chi connectivity index (χ0v) is 12.6. The molecule has 1 N–H and O–H groups in total. The van der Waals surface area contributed by atoms with E-state index in [-0.39, 0.29) is 10.8 Å². The molecule has 0 aliphatic heterocycles. The zero-order chi connectivity index (χ0) is 14.1. The topological polar surface area (TPSA) is 29.5 Å². The molecule has 1 aromatic rings. The van der Waals surface area contributed by atoms with Crippen molar-refractivity contribution in [1.82, 2.24) is 0 Å². The van der Waals surface area contributed by atoms with Crippen molar-refractivity contribution in [1.29, 1.82) is 0 Å². The fourth-order valence-corrected chi connectivity index (χ4v) is 2.37. The van der Waals surface area contributed by atoms with Gasteiger partial charge in [-0.1, -0.05) is 41.5 Å². The van der Waals surface area contributed by atoms with Crippen molar-refractivity contribution in [2.24, 2.45) is 0 Å². The molecule has 0 bridgehead atoms. The summed E-state index contributed by atoms with van der Waals surface area (Å²) >= 11 is 0. The van der Waals surface area contributed by atoms with Crippen LogP contribution >= 0.6 is 0 Å². The second kappa shape index (κ2) is 4.97. The van der Waals surface area contributed by atoms with E-state index in [4.69, 9.17) is 9.68 Å². The summed E-state index contributed by atoms with van der Waals surface area (Å²) in [6.07, 6.45) is 0. The Labute approximate surface area is 112 Å². The van der Waals surface area contributed by atoms with Gasteiger partial charge in [0, 0.05) is 0 Å². The van der Waals surface area contributed by atoms with Crippen LogP contribution in [0.15, 0.2) is 12.1 Å². The van der Waals surface area contributed by atoms with Gasteiger partial charge in [-0.15, -0.1) is 0 Å². The molecule has 18 heavy (non-hydrogen) atoms. The molecule has 0 aromatic heterocycles. The van der Waals surface area contributed by atoms with E-state index in [0.717, 1.165) is 7.69 Å². The average Bonchev–Trinajstić information content (AvgIpc) is 2.17. The summed E-state index contributed by atoms with van der Waals surface area (Å²) in [5.74, 6) is 0.693. The summed E-state index contributed by atoms with van der Waals surface area (Å²) in [6.45, 7) is 15.3. The molecule has 0 amide bonds. The van der Waals surface area contributed by atoms with Gasteiger partial charge in [-0.05, 0) is 46.6 Å². The van der Waals surface area contributed by atoms with Gasteiger partial charge in [-0.2, -0.15) is 0 Å². The summed E-state index contributed by atoms with van der Waals surface area (Å²) in [4.78, 5) is 0. The highest BCUT2D eigenvalue weighted by molar-refractivity contribution is 6.17. The Morgan fingerprint density at radius 3 is 1.61 bits per heavy atom. The van der Waals surface area contributed by atoms with E-state index in [9.17, 15) is 0 Å². The molecule has 0 unspecified atom stereocenters. The van der Waals surface area contributed by atoms with Gasteiger partial charge in [-0.25, -0.2) is 0 Å². The molecule has 0 fully saturated rings. The molecule has 0 spiro atoms. The maximum atomic E-state index is 8.83. The standard InChI is InChI=1S/C15H24BO2/c1-10-12(14(2,3)4)8-11(18-16-17)9-13(10)15(5,6)7/h8-9,17H,1-7H3. The summed E-state index contributed by atoms with van der Waals surface area (Å²) in [5.41, 5.74) is 3.93. The number of hydrogen-bond acceptors (Lipinski definition) is 2. The Kier molecular flexibility index (Phi) is 4.17. The van der Waals surface area contributed by atoms with Crippen LogP contribution in [0.2, 0.25) is 0 Å². The minimum absolute atomic E-state index is 0.0545. The zero-order valence-electron chi connectivity index (χ0n) is 12.6. The molecule has 0 aliphatic rings. The Morgan fingerprint density at radius 1 is 0.944 bits per heavy atom. The van der Waals surface area contributed by atoms with Gasteiger partial charge < -0.3 is 9.68 Å². The third-order valence-electron chi connectivity index (χ3n) is 3.19. The third kappa shape index (κ3) is 3.29. The van der Waals surface area contributed by atoms with Crippen molar-refractivity contribution in [3.8, 4) is 5.75 Å². The van der Waals surface area contributed by atoms with Crippen LogP contribution in [-0.2, 0) is 10.8 Å². The maximum absolute atomic E-state index is 8.83. The molecule has 99 valence electrons. The molecule has 1 aromatic carbocycles. The van der Waals surface area contributed by atoms with Crippen LogP contribution in [-0.4, -0.2) is 12.7 Å². The number of hydrogen-bond donors (Lipinski definition) is 1. The molecule has 0 atom stereocenters. The van der Waals surface area contributed by atoms with Crippen LogP contribution in [0.3, 0.4) is 0 Å². The Bertz CT molecular complexity index is 390. The number of benzene rings is 1. The summed E-state index contributed by atoms with van der Waals surface area (Å²) in [7, 11) is 0.740. The highest BCUT2D eigenvalue weighted by Gasteiger charge is 2.24. The summed E-state index contributed by atoms with van der Waals surface area (Å²) < 4.78 is 5.16. The predicted octanol–water partition coefficient (Wildman–Crippen LogP) is 3.50. The van der Waals surface area contributed by atoms with Crippen LogP contribution in [0.25, 0.3) is 0 Å². The van der Waals surface area contributed by atoms with Gasteiger partial charge in [0.1, 0.15) is 5.75 Å². The quantitative estimate of drug-likeness (QED) is 0.810. The Morgan fingerprint density at radius 2 is 1.33 bits per heavy atom. The third-order valence-corrected chi connectivity index (χ3v) is 3.19. The fourth-order valence-electron chi connectivity index (χ4n) is 2.37. The largest absolute Gasteiger partial charge is 0.569 e. The molecule has 0 aliphatic carbocycles. The lowest BCUT2D eigenvalue weighted by Crippen LogP contribution is -2.20. The predicted molar refractivity (Wildman–Crippen MR) is 77.2 cm³/mol. The van der Waals surface area contributed by atoms with E-state index < -0.39 is 0 Å². The highest BCUT2D eigenvalue weighted by Crippen LogP contribution is 2.36. The minimum Gasteiger partial charge on any atom is -0.537 e. The van der Waals surface area contributed by atoms with E-state index >= 15 is 0 Å². The summed E-state index contributed by atoms with van der Waals surface area (Å²) in [6, 6.07) is 4.02. The maximum Gasteiger partial charge on any atom is 0.569 e. The van der Waals surface area contributed by atoms with Crippen LogP contribution in [0.5, 0.6) is 5.75 Å². The van der Waals surface area contributed by atoms with Crippen molar-refractivity contribution in [2.45, 2.75) is 59.3 Å². The SMILES string of the molecule is Cc1c(C(C)(C)C)cc(O[B]O)cc1C(C)(C)C. The molecule has 0 saturated heterocycles. The van der Waals surface area contributed by atoms with Gasteiger partial charge in [0.05, 0.1) is 0 Å². The fraction of sp³-hybridized carbons (Fsp3) is 0.600. The monoisotopic (exact) mass is 247 g/mol. The highest BCUT2D eigenvalue weighted by atomic mass is 16.5. The number of rotatable bonds is 2. The normalized spacial score (nSPS) is 12.4. The molecule has 1 radical (unpaired) electrons. The van der Waals surface area contributed by atoms with Gasteiger partial charge in [0.15, 0.2) is 0 Å². The lowest BCUT2D eigenvalue weighted by atomic mass is 9.76. The lowest BCUT2D eigenvalue weighted by molar-refractivity contribution is 0.449. The van der Waals surface area contributed by atoms with Crippen molar-refractivity contribution in [3.63, 3.8) is 0 Å². The van der Waals surface area contributed by atoms with Crippen molar-refractivity contribution < 1.29 is 9.68 Å². The van der Waals surface area contributed by atoms with E-state index in [2.05, 4.69) is 48.5 Å². The van der Waals surface area contributed by atoms with Crippen LogP contribution < -0.4 is 4.65 Å². The minimum atomic E-state index is 0.0545. The van der Waals surface area contributed by atoms with Gasteiger partial charge >= 0.3 is 7.69 Å². The van der Waals surface area contributed by atoms with Crippen molar-refractivity contribution >= 4 is 7.69 Å². The smallest absolute Gasteiger partial charge is 0.537 e. The molecule has 0 saturated carbocycles. The first-order valence-electron chi connectivity index (χ1n) is 6.35. The Balaban J connectivity index is 3.48. The van der Waals surface area contributed by atoms with Crippen LogP contribution in [0.1, 0.15) is 58.2 Å². The average molecular weight is 247 g/mol. The first-order chi connectivity index (χ1) is 8.07. The van der Waals surface area contributed by atoms with Gasteiger partial charge in [0.25, 0.3) is 0 Å². The van der Waals surface area contributed by atoms with E-state index in [1.807, 2.05) is 12.1 Å². The second-order valence-corrected chi connectivity index (χ2v) is 6.87. The van der Waals surface area contributed by atoms with E-state index in [0.29, 0.717) is 5.75 Å².